The summed E-state index contributed by atoms with van der Waals surface area (Å²) in [6.45, 7) is 2.85. The van der Waals surface area contributed by atoms with E-state index in [9.17, 15) is 13.2 Å². The first kappa shape index (κ1) is 18.2. The highest BCUT2D eigenvalue weighted by Crippen LogP contribution is 2.35. The minimum Gasteiger partial charge on any atom is -0.309 e. The maximum absolute atomic E-state index is 13.2. The van der Waals surface area contributed by atoms with E-state index in [1.165, 1.54) is 9.87 Å². The van der Waals surface area contributed by atoms with Crippen LogP contribution in [-0.4, -0.2) is 37.8 Å². The van der Waals surface area contributed by atoms with Crippen molar-refractivity contribution in [1.82, 2.24) is 4.31 Å². The van der Waals surface area contributed by atoms with E-state index in [4.69, 9.17) is 0 Å². The number of piperidine rings is 1. The molecule has 2 aliphatic rings. The van der Waals surface area contributed by atoms with Gasteiger partial charge in [-0.3, -0.25) is 4.79 Å². The smallest absolute Gasteiger partial charge is 0.243 e. The van der Waals surface area contributed by atoms with Crippen LogP contribution in [0, 0.1) is 5.92 Å². The normalized spacial score (nSPS) is 21.2. The number of benzene rings is 2. The zero-order chi connectivity index (χ0) is 19.0. The van der Waals surface area contributed by atoms with Gasteiger partial charge < -0.3 is 4.90 Å². The van der Waals surface area contributed by atoms with Crippen LogP contribution in [0.1, 0.15) is 25.3 Å². The topological polar surface area (TPSA) is 57.7 Å². The number of fused-ring (bicyclic) bond motifs is 1. The lowest BCUT2D eigenvalue weighted by molar-refractivity contribution is -0.123. The molecule has 2 heterocycles. The summed E-state index contributed by atoms with van der Waals surface area (Å²) in [4.78, 5) is 15.4. The van der Waals surface area contributed by atoms with Crippen molar-refractivity contribution < 1.29 is 13.2 Å². The lowest BCUT2D eigenvalue weighted by Crippen LogP contribution is -2.46. The van der Waals surface area contributed by atoms with Crippen molar-refractivity contribution in [2.24, 2.45) is 5.92 Å². The van der Waals surface area contributed by atoms with Crippen LogP contribution in [0.2, 0.25) is 0 Å². The number of nitrogens with zero attached hydrogens (tertiary/aromatic N) is 2. The van der Waals surface area contributed by atoms with Crippen molar-refractivity contribution in [2.75, 3.05) is 18.0 Å². The van der Waals surface area contributed by atoms with E-state index in [-0.39, 0.29) is 17.9 Å². The van der Waals surface area contributed by atoms with Crippen LogP contribution in [0.15, 0.2) is 59.5 Å². The highest BCUT2D eigenvalue weighted by molar-refractivity contribution is 7.89. The zero-order valence-corrected chi connectivity index (χ0v) is 16.2. The Kier molecular flexibility index (Phi) is 4.78. The second-order valence-corrected chi connectivity index (χ2v) is 9.32. The predicted molar refractivity (Wildman–Crippen MR) is 105 cm³/mol. The van der Waals surface area contributed by atoms with Gasteiger partial charge in [-0.25, -0.2) is 8.42 Å². The van der Waals surface area contributed by atoms with Crippen LogP contribution in [0.3, 0.4) is 0 Å². The summed E-state index contributed by atoms with van der Waals surface area (Å²) in [6, 6.07) is 16.7. The van der Waals surface area contributed by atoms with Crippen LogP contribution in [0.25, 0.3) is 0 Å². The van der Waals surface area contributed by atoms with Gasteiger partial charge in [0.25, 0.3) is 0 Å². The predicted octanol–water partition coefficient (Wildman–Crippen LogP) is 3.07. The molecule has 0 unspecified atom stereocenters. The SMILES string of the molecule is C[C@H]1Cc2ccccc2N1C(=O)C1CCN(S(=O)(=O)c2ccccc2)CC1. The van der Waals surface area contributed by atoms with Crippen LogP contribution in [0.4, 0.5) is 5.69 Å². The molecule has 4 rings (SSSR count). The summed E-state index contributed by atoms with van der Waals surface area (Å²) >= 11 is 0. The third kappa shape index (κ3) is 3.28. The Labute approximate surface area is 160 Å². The third-order valence-electron chi connectivity index (χ3n) is 5.63. The van der Waals surface area contributed by atoms with E-state index >= 15 is 0 Å². The molecule has 2 aromatic rings. The number of para-hydroxylation sites is 1. The molecule has 0 saturated carbocycles. The van der Waals surface area contributed by atoms with E-state index in [0.29, 0.717) is 30.8 Å². The summed E-state index contributed by atoms with van der Waals surface area (Å²) in [5.41, 5.74) is 2.22. The summed E-state index contributed by atoms with van der Waals surface area (Å²) in [5.74, 6) is 0.00467. The van der Waals surface area contributed by atoms with E-state index in [1.807, 2.05) is 23.1 Å². The first-order valence-corrected chi connectivity index (χ1v) is 10.9. The van der Waals surface area contributed by atoms with Gasteiger partial charge in [0.05, 0.1) is 4.90 Å². The second kappa shape index (κ2) is 7.09. The first-order valence-electron chi connectivity index (χ1n) is 9.44. The number of sulfonamides is 1. The van der Waals surface area contributed by atoms with Gasteiger partial charge in [0, 0.05) is 30.7 Å². The quantitative estimate of drug-likeness (QED) is 0.817. The summed E-state index contributed by atoms with van der Waals surface area (Å²) in [7, 11) is -3.48. The number of rotatable bonds is 3. The van der Waals surface area contributed by atoms with Crippen molar-refractivity contribution in [3.8, 4) is 0 Å². The van der Waals surface area contributed by atoms with Crippen LogP contribution in [0.5, 0.6) is 0 Å². The average molecular weight is 385 g/mol. The Hall–Kier alpha value is -2.18. The molecule has 1 atom stereocenters. The van der Waals surface area contributed by atoms with Gasteiger partial charge in [-0.15, -0.1) is 0 Å². The van der Waals surface area contributed by atoms with E-state index in [0.717, 1.165) is 12.1 Å². The van der Waals surface area contributed by atoms with Crippen molar-refractivity contribution in [2.45, 2.75) is 37.1 Å². The molecule has 1 amide bonds. The number of anilines is 1. The lowest BCUT2D eigenvalue weighted by atomic mass is 9.96. The Morgan fingerprint density at radius 2 is 1.59 bits per heavy atom. The monoisotopic (exact) mass is 384 g/mol. The molecule has 0 radical (unpaired) electrons. The highest BCUT2D eigenvalue weighted by atomic mass is 32.2. The Bertz CT molecular complexity index is 935. The van der Waals surface area contributed by atoms with Crippen molar-refractivity contribution in [3.05, 3.63) is 60.2 Å². The highest BCUT2D eigenvalue weighted by Gasteiger charge is 2.38. The van der Waals surface area contributed by atoms with Gasteiger partial charge in [0.15, 0.2) is 0 Å². The second-order valence-electron chi connectivity index (χ2n) is 7.38. The molecule has 0 N–H and O–H groups in total. The van der Waals surface area contributed by atoms with Gasteiger partial charge in [-0.05, 0) is 49.9 Å². The van der Waals surface area contributed by atoms with Crippen molar-refractivity contribution >= 4 is 21.6 Å². The third-order valence-corrected chi connectivity index (χ3v) is 7.54. The Balaban J connectivity index is 1.46. The standard InChI is InChI=1S/C21H24N2O3S/c1-16-15-18-7-5-6-10-20(18)23(16)21(24)17-11-13-22(14-12-17)27(25,26)19-8-3-2-4-9-19/h2-10,16-17H,11-15H2,1H3/t16-/m0/s1. The first-order chi connectivity index (χ1) is 13.0. The number of carbonyl (C=O) groups excluding carboxylic acids is 1. The van der Waals surface area contributed by atoms with Gasteiger partial charge in [-0.2, -0.15) is 4.31 Å². The van der Waals surface area contributed by atoms with E-state index in [1.54, 1.807) is 30.3 Å². The lowest BCUT2D eigenvalue weighted by Gasteiger charge is -2.34. The molecule has 6 heteroatoms. The molecular weight excluding hydrogens is 360 g/mol. The molecule has 1 saturated heterocycles. The van der Waals surface area contributed by atoms with Gasteiger partial charge in [0.1, 0.15) is 0 Å². The number of hydrogen-bond donors (Lipinski definition) is 0. The molecule has 1 fully saturated rings. The molecule has 0 aromatic heterocycles. The van der Waals surface area contributed by atoms with E-state index in [2.05, 4.69) is 13.0 Å². The summed E-state index contributed by atoms with van der Waals surface area (Å²) in [6.07, 6.45) is 2.01. The molecule has 0 aliphatic carbocycles. The molecule has 5 nitrogen and oxygen atoms in total. The number of carbonyl (C=O) groups is 1. The maximum Gasteiger partial charge on any atom is 0.243 e. The van der Waals surface area contributed by atoms with Crippen molar-refractivity contribution in [3.63, 3.8) is 0 Å². The maximum atomic E-state index is 13.2. The average Bonchev–Trinajstić information content (AvgIpc) is 3.04. The number of amides is 1. The fourth-order valence-electron chi connectivity index (χ4n) is 4.18. The molecule has 27 heavy (non-hydrogen) atoms. The van der Waals surface area contributed by atoms with Crippen LogP contribution in [-0.2, 0) is 21.2 Å². The fourth-order valence-corrected chi connectivity index (χ4v) is 5.67. The van der Waals surface area contributed by atoms with Crippen molar-refractivity contribution in [1.29, 1.82) is 0 Å². The summed E-state index contributed by atoms with van der Waals surface area (Å²) in [5, 5.41) is 0. The molecule has 0 spiro atoms. The van der Waals surface area contributed by atoms with Gasteiger partial charge in [-0.1, -0.05) is 36.4 Å². The van der Waals surface area contributed by atoms with Crippen LogP contribution < -0.4 is 4.90 Å². The minimum atomic E-state index is -3.48. The van der Waals surface area contributed by atoms with Gasteiger partial charge in [0.2, 0.25) is 15.9 Å². The van der Waals surface area contributed by atoms with Gasteiger partial charge >= 0.3 is 0 Å². The molecule has 142 valence electrons. The minimum absolute atomic E-state index is 0.124. The largest absolute Gasteiger partial charge is 0.309 e. The zero-order valence-electron chi connectivity index (χ0n) is 15.4. The molecule has 2 aliphatic heterocycles. The molecular formula is C21H24N2O3S. The molecule has 0 bridgehead atoms. The Morgan fingerprint density at radius 1 is 0.963 bits per heavy atom. The van der Waals surface area contributed by atoms with Crippen LogP contribution >= 0.6 is 0 Å². The molecule has 2 aromatic carbocycles. The van der Waals surface area contributed by atoms with E-state index < -0.39 is 10.0 Å². The number of hydrogen-bond acceptors (Lipinski definition) is 3. The Morgan fingerprint density at radius 3 is 2.30 bits per heavy atom. The fraction of sp³-hybridized carbons (Fsp3) is 0.381. The summed E-state index contributed by atoms with van der Waals surface area (Å²) < 4.78 is 27.0.